The number of nitrogens with one attached hydrogen (secondary N) is 4. The van der Waals surface area contributed by atoms with Gasteiger partial charge in [0, 0.05) is 62.5 Å². The maximum atomic E-state index is 12.7. The summed E-state index contributed by atoms with van der Waals surface area (Å²) in [6.07, 6.45) is 1.43. The Hall–Kier alpha value is -5.56. The van der Waals surface area contributed by atoms with Crippen LogP contribution in [0.5, 0.6) is 5.75 Å². The number of rotatable bonds is 12. The molecule has 1 aliphatic heterocycles. The zero-order chi connectivity index (χ0) is 34.9. The fourth-order valence-electron chi connectivity index (χ4n) is 6.09. The second kappa shape index (κ2) is 16.2. The number of anilines is 1. The predicted octanol–water partition coefficient (Wildman–Crippen LogP) is 4.56. The molecule has 50 heavy (non-hydrogen) atoms. The fraction of sp³-hybridized carbons (Fsp3) is 0.263. The first-order valence-electron chi connectivity index (χ1n) is 16.7. The molecule has 6 N–H and O–H groups in total. The smallest absolute Gasteiger partial charge is 0.411 e. The maximum Gasteiger partial charge on any atom is 0.411 e. The molecule has 0 aliphatic carbocycles. The Kier molecular flexibility index (Phi) is 11.1. The van der Waals surface area contributed by atoms with Crippen molar-refractivity contribution in [3.63, 3.8) is 0 Å². The van der Waals surface area contributed by atoms with Crippen molar-refractivity contribution < 1.29 is 24.5 Å². The lowest BCUT2D eigenvalue weighted by molar-refractivity contribution is 0.0587. The van der Waals surface area contributed by atoms with E-state index in [1.807, 2.05) is 54.6 Å². The van der Waals surface area contributed by atoms with Crippen LogP contribution in [0.2, 0.25) is 0 Å². The Bertz CT molecular complexity index is 1980. The SMILES string of the molecule is O=C(Nc1ccccc1-c1ccccc1)OC1CCN(CCNC(=O)c2ccc(CNCC(O)c3ccc(O)c4[nH]c(=O)ccc34)nc2)CC1. The van der Waals surface area contributed by atoms with Crippen LogP contribution >= 0.6 is 0 Å². The number of aliphatic hydroxyl groups excluding tert-OH is 1. The van der Waals surface area contributed by atoms with Gasteiger partial charge in [0.1, 0.15) is 11.9 Å². The summed E-state index contributed by atoms with van der Waals surface area (Å²) in [7, 11) is 0. The van der Waals surface area contributed by atoms with E-state index in [2.05, 4.69) is 30.8 Å². The van der Waals surface area contributed by atoms with Crippen molar-refractivity contribution in [2.45, 2.75) is 31.6 Å². The zero-order valence-electron chi connectivity index (χ0n) is 27.5. The summed E-state index contributed by atoms with van der Waals surface area (Å²) in [6, 6.07) is 27.0. The molecule has 1 unspecified atom stereocenters. The highest BCUT2D eigenvalue weighted by Crippen LogP contribution is 2.29. The first kappa shape index (κ1) is 34.3. The van der Waals surface area contributed by atoms with Gasteiger partial charge < -0.3 is 35.5 Å². The van der Waals surface area contributed by atoms with E-state index in [-0.39, 0.29) is 35.4 Å². The Labute approximate surface area is 289 Å². The van der Waals surface area contributed by atoms with E-state index in [0.717, 1.165) is 24.2 Å². The van der Waals surface area contributed by atoms with E-state index in [9.17, 15) is 24.6 Å². The van der Waals surface area contributed by atoms with E-state index >= 15 is 0 Å². The van der Waals surface area contributed by atoms with Gasteiger partial charge in [-0.25, -0.2) is 4.79 Å². The van der Waals surface area contributed by atoms with Crippen LogP contribution in [0, 0.1) is 0 Å². The van der Waals surface area contributed by atoms with Crippen LogP contribution in [-0.4, -0.2) is 75.9 Å². The lowest BCUT2D eigenvalue weighted by atomic mass is 10.0. The molecule has 12 heteroatoms. The van der Waals surface area contributed by atoms with E-state index in [0.29, 0.717) is 60.4 Å². The molecule has 0 bridgehead atoms. The number of ether oxygens (including phenoxy) is 1. The van der Waals surface area contributed by atoms with Gasteiger partial charge in [0.15, 0.2) is 0 Å². The minimum absolute atomic E-state index is 0.0645. The van der Waals surface area contributed by atoms with Gasteiger partial charge in [-0.05, 0) is 54.3 Å². The summed E-state index contributed by atoms with van der Waals surface area (Å²) >= 11 is 0. The van der Waals surface area contributed by atoms with E-state index in [4.69, 9.17) is 4.74 Å². The minimum Gasteiger partial charge on any atom is -0.506 e. The zero-order valence-corrected chi connectivity index (χ0v) is 27.5. The summed E-state index contributed by atoms with van der Waals surface area (Å²) in [5, 5.41) is 30.4. The number of phenolic OH excluding ortho intramolecular Hbond substituents is 1. The largest absolute Gasteiger partial charge is 0.506 e. The topological polar surface area (TPSA) is 169 Å². The van der Waals surface area contributed by atoms with Crippen LogP contribution < -0.4 is 21.5 Å². The minimum atomic E-state index is -0.889. The molecule has 0 saturated carbocycles. The molecule has 258 valence electrons. The van der Waals surface area contributed by atoms with Gasteiger partial charge in [-0.15, -0.1) is 0 Å². The van der Waals surface area contributed by atoms with Gasteiger partial charge in [0.25, 0.3) is 5.91 Å². The van der Waals surface area contributed by atoms with Crippen LogP contribution in [0.15, 0.2) is 102 Å². The third-order valence-corrected chi connectivity index (χ3v) is 8.77. The number of likely N-dealkylation sites (tertiary alicyclic amines) is 1. The average Bonchev–Trinajstić information content (AvgIpc) is 3.13. The third-order valence-electron chi connectivity index (χ3n) is 8.77. The molecule has 1 atom stereocenters. The first-order chi connectivity index (χ1) is 24.3. The number of carbonyl (C=O) groups is 2. The van der Waals surface area contributed by atoms with Gasteiger partial charge in [0.2, 0.25) is 5.56 Å². The highest BCUT2D eigenvalue weighted by atomic mass is 16.6. The highest BCUT2D eigenvalue weighted by Gasteiger charge is 2.23. The van der Waals surface area contributed by atoms with Gasteiger partial charge in [-0.1, -0.05) is 54.6 Å². The number of phenols is 1. The number of benzene rings is 3. The van der Waals surface area contributed by atoms with Crippen LogP contribution in [0.4, 0.5) is 10.5 Å². The number of aliphatic hydroxyl groups is 1. The van der Waals surface area contributed by atoms with Crippen molar-refractivity contribution in [2.24, 2.45) is 0 Å². The first-order valence-corrected chi connectivity index (χ1v) is 16.7. The van der Waals surface area contributed by atoms with Gasteiger partial charge in [0.05, 0.1) is 28.6 Å². The molecule has 12 nitrogen and oxygen atoms in total. The quantitative estimate of drug-likeness (QED) is 0.111. The number of H-pyrrole nitrogens is 1. The predicted molar refractivity (Wildman–Crippen MR) is 191 cm³/mol. The third kappa shape index (κ3) is 8.72. The van der Waals surface area contributed by atoms with Gasteiger partial charge in [-0.3, -0.25) is 19.9 Å². The number of fused-ring (bicyclic) bond motifs is 1. The standard InChI is InChI=1S/C38H40N6O6/c45-33-14-12-30(31-13-15-35(47)43-36(31)33)34(46)24-39-23-27-11-10-26(22-41-27)37(48)40-18-21-44-19-16-28(17-20-44)50-38(49)42-32-9-5-4-8-29(32)25-6-2-1-3-7-25/h1-15,22,28,34,39,45-46H,16-21,23-24H2,(H,40,48)(H,42,49)(H,43,47). The molecule has 5 aromatic rings. The number of aromatic amines is 1. The summed E-state index contributed by atoms with van der Waals surface area (Å²) < 4.78 is 5.73. The number of piperidine rings is 1. The van der Waals surface area contributed by atoms with Crippen molar-refractivity contribution in [2.75, 3.05) is 38.0 Å². The molecule has 2 aromatic heterocycles. The second-order valence-corrected chi connectivity index (χ2v) is 12.2. The number of nitrogens with zero attached hydrogens (tertiary/aromatic N) is 2. The van der Waals surface area contributed by atoms with Crippen molar-refractivity contribution in [1.29, 1.82) is 0 Å². The van der Waals surface area contributed by atoms with Gasteiger partial charge in [-0.2, -0.15) is 0 Å². The molecule has 3 heterocycles. The number of carbonyl (C=O) groups excluding carboxylic acids is 2. The number of aromatic hydroxyl groups is 1. The molecular formula is C38H40N6O6. The number of amides is 2. The average molecular weight is 677 g/mol. The molecule has 2 amide bonds. The summed E-state index contributed by atoms with van der Waals surface area (Å²) in [5.74, 6) is -0.277. The normalized spacial score (nSPS) is 14.3. The number of hydrogen-bond donors (Lipinski definition) is 6. The molecule has 3 aromatic carbocycles. The van der Waals surface area contributed by atoms with Crippen molar-refractivity contribution in [1.82, 2.24) is 25.5 Å². The summed E-state index contributed by atoms with van der Waals surface area (Å²) in [5.41, 5.74) is 4.31. The van der Waals surface area contributed by atoms with Crippen LogP contribution in [0.1, 0.15) is 40.6 Å². The number of hydrogen-bond acceptors (Lipinski definition) is 9. The Morgan fingerprint density at radius 2 is 1.74 bits per heavy atom. The molecule has 1 saturated heterocycles. The molecule has 1 fully saturated rings. The Balaban J connectivity index is 0.886. The fourth-order valence-corrected chi connectivity index (χ4v) is 6.09. The summed E-state index contributed by atoms with van der Waals surface area (Å²) in [6.45, 7) is 3.25. The monoisotopic (exact) mass is 676 g/mol. The van der Waals surface area contributed by atoms with E-state index in [1.54, 1.807) is 24.3 Å². The Morgan fingerprint density at radius 3 is 2.52 bits per heavy atom. The molecule has 1 aliphatic rings. The van der Waals surface area contributed by atoms with E-state index in [1.165, 1.54) is 18.3 Å². The molecular weight excluding hydrogens is 636 g/mol. The van der Waals surface area contributed by atoms with Crippen molar-refractivity contribution in [3.05, 3.63) is 124 Å². The lowest BCUT2D eigenvalue weighted by Gasteiger charge is -2.31. The lowest BCUT2D eigenvalue weighted by Crippen LogP contribution is -2.42. The van der Waals surface area contributed by atoms with Crippen molar-refractivity contribution >= 4 is 28.6 Å². The highest BCUT2D eigenvalue weighted by molar-refractivity contribution is 5.94. The second-order valence-electron chi connectivity index (χ2n) is 12.2. The number of aromatic nitrogens is 2. The van der Waals surface area contributed by atoms with E-state index < -0.39 is 12.2 Å². The number of pyridine rings is 2. The van der Waals surface area contributed by atoms with Crippen LogP contribution in [-0.2, 0) is 11.3 Å². The van der Waals surface area contributed by atoms with Crippen LogP contribution in [0.3, 0.4) is 0 Å². The summed E-state index contributed by atoms with van der Waals surface area (Å²) in [4.78, 5) is 46.3. The molecule has 0 radical (unpaired) electrons. The van der Waals surface area contributed by atoms with Crippen molar-refractivity contribution in [3.8, 4) is 16.9 Å². The van der Waals surface area contributed by atoms with Gasteiger partial charge >= 0.3 is 6.09 Å². The molecule has 6 rings (SSSR count). The van der Waals surface area contributed by atoms with Crippen LogP contribution in [0.25, 0.3) is 22.0 Å². The maximum absolute atomic E-state index is 12.7. The molecule has 0 spiro atoms. The Morgan fingerprint density at radius 1 is 0.960 bits per heavy atom. The number of para-hydroxylation sites is 1.